The van der Waals surface area contributed by atoms with Crippen molar-refractivity contribution in [1.29, 1.82) is 0 Å². The van der Waals surface area contributed by atoms with Crippen LogP contribution in [-0.2, 0) is 6.54 Å². The molecule has 0 atom stereocenters. The van der Waals surface area contributed by atoms with Gasteiger partial charge in [0, 0.05) is 24.2 Å². The fourth-order valence-corrected chi connectivity index (χ4v) is 2.73. The summed E-state index contributed by atoms with van der Waals surface area (Å²) in [7, 11) is 0. The van der Waals surface area contributed by atoms with E-state index >= 15 is 0 Å². The SMILES string of the molecule is NCCC1(Cn2ccc(=O)c3ccccc32)CC1. The highest BCUT2D eigenvalue weighted by Gasteiger charge is 2.41. The number of aromatic nitrogens is 1. The molecule has 0 bridgehead atoms. The van der Waals surface area contributed by atoms with E-state index < -0.39 is 0 Å². The lowest BCUT2D eigenvalue weighted by Gasteiger charge is -2.18. The van der Waals surface area contributed by atoms with Crippen LogP contribution in [0.5, 0.6) is 0 Å². The molecule has 1 aliphatic carbocycles. The topological polar surface area (TPSA) is 48.0 Å². The van der Waals surface area contributed by atoms with Gasteiger partial charge in [0.25, 0.3) is 0 Å². The van der Waals surface area contributed by atoms with Crippen molar-refractivity contribution in [2.24, 2.45) is 11.1 Å². The summed E-state index contributed by atoms with van der Waals surface area (Å²) in [6.07, 6.45) is 5.50. The quantitative estimate of drug-likeness (QED) is 0.892. The summed E-state index contributed by atoms with van der Waals surface area (Å²) < 4.78 is 2.21. The van der Waals surface area contributed by atoms with Gasteiger partial charge in [-0.05, 0) is 43.4 Å². The Morgan fingerprint density at radius 1 is 1.22 bits per heavy atom. The van der Waals surface area contributed by atoms with E-state index in [1.807, 2.05) is 30.5 Å². The fraction of sp³-hybridized carbons (Fsp3) is 0.400. The van der Waals surface area contributed by atoms with Crippen LogP contribution in [0.3, 0.4) is 0 Å². The highest BCUT2D eigenvalue weighted by atomic mass is 16.1. The molecular formula is C15H18N2O. The van der Waals surface area contributed by atoms with Crippen LogP contribution in [0.15, 0.2) is 41.3 Å². The number of nitrogens with two attached hydrogens (primary N) is 1. The summed E-state index contributed by atoms with van der Waals surface area (Å²) in [5.41, 5.74) is 7.21. The number of pyridine rings is 1. The summed E-state index contributed by atoms with van der Waals surface area (Å²) in [6.45, 7) is 1.73. The smallest absolute Gasteiger partial charge is 0.189 e. The van der Waals surface area contributed by atoms with Gasteiger partial charge in [-0.2, -0.15) is 0 Å². The molecule has 0 aliphatic heterocycles. The van der Waals surface area contributed by atoms with Crippen molar-refractivity contribution in [2.45, 2.75) is 25.8 Å². The summed E-state index contributed by atoms with van der Waals surface area (Å²) in [6, 6.07) is 9.49. The first kappa shape index (κ1) is 11.5. The molecule has 1 heterocycles. The van der Waals surface area contributed by atoms with Crippen LogP contribution in [0.4, 0.5) is 0 Å². The molecule has 3 heteroatoms. The number of benzene rings is 1. The van der Waals surface area contributed by atoms with E-state index in [1.54, 1.807) is 6.07 Å². The number of nitrogens with zero attached hydrogens (tertiary/aromatic N) is 1. The van der Waals surface area contributed by atoms with Crippen LogP contribution in [0.25, 0.3) is 10.9 Å². The Morgan fingerprint density at radius 2 is 2.00 bits per heavy atom. The highest BCUT2D eigenvalue weighted by molar-refractivity contribution is 5.78. The third-order valence-electron chi connectivity index (χ3n) is 4.02. The average Bonchev–Trinajstić information content (AvgIpc) is 3.14. The summed E-state index contributed by atoms with van der Waals surface area (Å²) in [5, 5.41) is 0.809. The molecule has 94 valence electrons. The van der Waals surface area contributed by atoms with Crippen molar-refractivity contribution in [1.82, 2.24) is 4.57 Å². The van der Waals surface area contributed by atoms with E-state index in [-0.39, 0.29) is 5.43 Å². The average molecular weight is 242 g/mol. The maximum absolute atomic E-state index is 11.8. The van der Waals surface area contributed by atoms with Crippen LogP contribution < -0.4 is 11.2 Å². The van der Waals surface area contributed by atoms with E-state index in [1.165, 1.54) is 12.8 Å². The molecule has 2 aromatic rings. The first-order valence-corrected chi connectivity index (χ1v) is 6.52. The van der Waals surface area contributed by atoms with E-state index in [0.717, 1.165) is 30.4 Å². The molecule has 3 rings (SSSR count). The van der Waals surface area contributed by atoms with Gasteiger partial charge in [0.15, 0.2) is 5.43 Å². The van der Waals surface area contributed by atoms with Gasteiger partial charge in [-0.1, -0.05) is 12.1 Å². The minimum Gasteiger partial charge on any atom is -0.347 e. The van der Waals surface area contributed by atoms with Gasteiger partial charge in [0.1, 0.15) is 0 Å². The Labute approximate surface area is 106 Å². The molecule has 0 unspecified atom stereocenters. The molecule has 1 aliphatic rings. The highest BCUT2D eigenvalue weighted by Crippen LogP contribution is 2.50. The van der Waals surface area contributed by atoms with Gasteiger partial charge >= 0.3 is 0 Å². The lowest BCUT2D eigenvalue weighted by molar-refractivity contribution is 0.403. The largest absolute Gasteiger partial charge is 0.347 e. The van der Waals surface area contributed by atoms with Gasteiger partial charge in [0.05, 0.1) is 5.52 Å². The van der Waals surface area contributed by atoms with Gasteiger partial charge in [-0.25, -0.2) is 0 Å². The first-order chi connectivity index (χ1) is 8.74. The van der Waals surface area contributed by atoms with Crippen LogP contribution in [0.1, 0.15) is 19.3 Å². The molecule has 1 aromatic heterocycles. The zero-order chi connectivity index (χ0) is 12.6. The van der Waals surface area contributed by atoms with Crippen molar-refractivity contribution >= 4 is 10.9 Å². The number of fused-ring (bicyclic) bond motifs is 1. The Hall–Kier alpha value is -1.61. The number of hydrogen-bond donors (Lipinski definition) is 1. The number of rotatable bonds is 4. The van der Waals surface area contributed by atoms with Gasteiger partial charge in [-0.15, -0.1) is 0 Å². The van der Waals surface area contributed by atoms with E-state index in [4.69, 9.17) is 5.73 Å². The maximum atomic E-state index is 11.8. The van der Waals surface area contributed by atoms with Gasteiger partial charge in [-0.3, -0.25) is 4.79 Å². The minimum absolute atomic E-state index is 0.102. The Kier molecular flexibility index (Phi) is 2.71. The first-order valence-electron chi connectivity index (χ1n) is 6.52. The molecule has 0 saturated heterocycles. The zero-order valence-corrected chi connectivity index (χ0v) is 10.4. The van der Waals surface area contributed by atoms with E-state index in [2.05, 4.69) is 4.57 Å². The van der Waals surface area contributed by atoms with Gasteiger partial charge < -0.3 is 10.3 Å². The Balaban J connectivity index is 2.03. The molecule has 1 saturated carbocycles. The van der Waals surface area contributed by atoms with Crippen molar-refractivity contribution in [2.75, 3.05) is 6.54 Å². The molecule has 2 N–H and O–H groups in total. The monoisotopic (exact) mass is 242 g/mol. The predicted molar refractivity (Wildman–Crippen MR) is 73.5 cm³/mol. The van der Waals surface area contributed by atoms with Crippen molar-refractivity contribution in [3.05, 3.63) is 46.8 Å². The summed E-state index contributed by atoms with van der Waals surface area (Å²) in [4.78, 5) is 11.8. The molecule has 0 radical (unpaired) electrons. The lowest BCUT2D eigenvalue weighted by atomic mass is 10.0. The number of hydrogen-bond acceptors (Lipinski definition) is 2. The molecule has 0 spiro atoms. The lowest BCUT2D eigenvalue weighted by Crippen LogP contribution is -2.18. The Bertz CT molecular complexity index is 626. The molecule has 3 nitrogen and oxygen atoms in total. The number of para-hydroxylation sites is 1. The van der Waals surface area contributed by atoms with E-state index in [0.29, 0.717) is 5.41 Å². The normalized spacial score (nSPS) is 16.9. The minimum atomic E-state index is 0.102. The second-order valence-corrected chi connectivity index (χ2v) is 5.36. The van der Waals surface area contributed by atoms with Crippen molar-refractivity contribution in [3.8, 4) is 0 Å². The van der Waals surface area contributed by atoms with Crippen LogP contribution >= 0.6 is 0 Å². The molecule has 0 amide bonds. The Morgan fingerprint density at radius 3 is 2.72 bits per heavy atom. The molecule has 1 fully saturated rings. The van der Waals surface area contributed by atoms with Crippen LogP contribution in [-0.4, -0.2) is 11.1 Å². The third kappa shape index (κ3) is 1.95. The van der Waals surface area contributed by atoms with E-state index in [9.17, 15) is 4.79 Å². The standard InChI is InChI=1S/C15H18N2O/c16-9-8-15(6-7-15)11-17-10-5-14(18)12-3-1-2-4-13(12)17/h1-5,10H,6-9,11,16H2. The summed E-state index contributed by atoms with van der Waals surface area (Å²) in [5.74, 6) is 0. The molecular weight excluding hydrogens is 224 g/mol. The van der Waals surface area contributed by atoms with Gasteiger partial charge in [0.2, 0.25) is 0 Å². The second-order valence-electron chi connectivity index (χ2n) is 5.36. The molecule has 1 aromatic carbocycles. The maximum Gasteiger partial charge on any atom is 0.189 e. The van der Waals surface area contributed by atoms with Crippen LogP contribution in [0.2, 0.25) is 0 Å². The second kappa shape index (κ2) is 4.25. The third-order valence-corrected chi connectivity index (χ3v) is 4.02. The fourth-order valence-electron chi connectivity index (χ4n) is 2.73. The zero-order valence-electron chi connectivity index (χ0n) is 10.4. The molecule has 18 heavy (non-hydrogen) atoms. The van der Waals surface area contributed by atoms with Crippen LogP contribution in [0, 0.1) is 5.41 Å². The van der Waals surface area contributed by atoms with Crippen molar-refractivity contribution < 1.29 is 0 Å². The summed E-state index contributed by atoms with van der Waals surface area (Å²) >= 11 is 0. The predicted octanol–water partition coefficient (Wildman–Crippen LogP) is 2.13. The van der Waals surface area contributed by atoms with Crippen molar-refractivity contribution in [3.63, 3.8) is 0 Å².